The molecule has 0 radical (unpaired) electrons. The van der Waals surface area contributed by atoms with Crippen LogP contribution in [-0.4, -0.2) is 40.3 Å². The summed E-state index contributed by atoms with van der Waals surface area (Å²) in [6.07, 6.45) is 0. The molecule has 27 heavy (non-hydrogen) atoms. The number of methoxy groups -OCH3 is 2. The minimum atomic E-state index is -2.92. The van der Waals surface area contributed by atoms with Gasteiger partial charge < -0.3 is 24.4 Å². The third kappa shape index (κ3) is 6.10. The Bertz CT molecular complexity index is 771. The number of ether oxygens (including phenoxy) is 3. The van der Waals surface area contributed by atoms with Crippen LogP contribution >= 0.6 is 0 Å². The molecule has 6 nitrogen and oxygen atoms in total. The summed E-state index contributed by atoms with van der Waals surface area (Å²) >= 11 is 0. The van der Waals surface area contributed by atoms with Crippen molar-refractivity contribution in [3.63, 3.8) is 0 Å². The van der Waals surface area contributed by atoms with Crippen LogP contribution < -0.4 is 24.4 Å². The largest absolute Gasteiger partial charge is 0.495 e. The van der Waals surface area contributed by atoms with E-state index in [4.69, 9.17) is 9.47 Å². The summed E-state index contributed by atoms with van der Waals surface area (Å²) < 4.78 is 39.5. The van der Waals surface area contributed by atoms with Gasteiger partial charge in [-0.2, -0.15) is 8.78 Å². The number of para-hydroxylation sites is 2. The van der Waals surface area contributed by atoms with E-state index in [1.54, 1.807) is 24.3 Å². The van der Waals surface area contributed by atoms with Gasteiger partial charge in [-0.3, -0.25) is 4.79 Å². The molecule has 0 saturated heterocycles. The van der Waals surface area contributed by atoms with Crippen LogP contribution in [0.15, 0.2) is 42.5 Å². The van der Waals surface area contributed by atoms with E-state index in [9.17, 15) is 13.6 Å². The monoisotopic (exact) mass is 381 g/mol. The molecule has 2 rings (SSSR count). The molecule has 2 aromatic rings. The van der Waals surface area contributed by atoms with Crippen molar-refractivity contribution >= 4 is 11.6 Å². The van der Waals surface area contributed by atoms with Gasteiger partial charge in [0.1, 0.15) is 12.3 Å². The molecule has 1 atom stereocenters. The van der Waals surface area contributed by atoms with Gasteiger partial charge in [-0.1, -0.05) is 12.1 Å². The summed E-state index contributed by atoms with van der Waals surface area (Å²) in [6, 6.07) is 11.9. The van der Waals surface area contributed by atoms with Crippen molar-refractivity contribution in [2.24, 2.45) is 0 Å². The van der Waals surface area contributed by atoms with E-state index < -0.39 is 6.61 Å². The van der Waals surface area contributed by atoms with Crippen LogP contribution in [0.1, 0.15) is 5.56 Å². The molecule has 0 aliphatic carbocycles. The van der Waals surface area contributed by atoms with E-state index in [1.165, 1.54) is 20.3 Å². The van der Waals surface area contributed by atoms with Crippen molar-refractivity contribution in [3.05, 3.63) is 48.0 Å². The lowest BCUT2D eigenvalue weighted by Crippen LogP contribution is -3.08. The Labute approximate surface area is 156 Å². The summed E-state index contributed by atoms with van der Waals surface area (Å²) in [5.41, 5.74) is 1.43. The number of hydrogen-bond acceptors (Lipinski definition) is 4. The second-order valence-corrected chi connectivity index (χ2v) is 5.92. The number of carbonyl (C=O) groups excluding carboxylic acids is 1. The van der Waals surface area contributed by atoms with Gasteiger partial charge >= 0.3 is 6.61 Å². The van der Waals surface area contributed by atoms with Crippen molar-refractivity contribution in [1.29, 1.82) is 0 Å². The van der Waals surface area contributed by atoms with Crippen LogP contribution in [0.2, 0.25) is 0 Å². The second kappa shape index (κ2) is 9.72. The highest BCUT2D eigenvalue weighted by molar-refractivity contribution is 5.92. The first-order chi connectivity index (χ1) is 12.9. The van der Waals surface area contributed by atoms with Crippen LogP contribution in [0, 0.1) is 0 Å². The standard InChI is InChI=1S/C19H22F2N2O4/c1-23(12-18(24)22-14-6-4-5-7-15(14)25-2)11-13-8-9-16(27-19(20)21)17(10-13)26-3/h4-10,19H,11-12H2,1-3H3,(H,22,24)/p+1. The zero-order valence-corrected chi connectivity index (χ0v) is 15.4. The van der Waals surface area contributed by atoms with Crippen molar-refractivity contribution < 1.29 is 32.7 Å². The number of rotatable bonds is 9. The molecule has 0 aromatic heterocycles. The maximum Gasteiger partial charge on any atom is 0.387 e. The molecule has 0 aliphatic heterocycles. The summed E-state index contributed by atoms with van der Waals surface area (Å²) in [5.74, 6) is 0.617. The minimum Gasteiger partial charge on any atom is -0.495 e. The molecule has 8 heteroatoms. The van der Waals surface area contributed by atoms with E-state index in [2.05, 4.69) is 10.1 Å². The van der Waals surface area contributed by atoms with Gasteiger partial charge in [-0.15, -0.1) is 0 Å². The van der Waals surface area contributed by atoms with Crippen molar-refractivity contribution in [1.82, 2.24) is 0 Å². The van der Waals surface area contributed by atoms with Gasteiger partial charge in [-0.25, -0.2) is 0 Å². The molecule has 2 N–H and O–H groups in total. The summed E-state index contributed by atoms with van der Waals surface area (Å²) in [7, 11) is 4.78. The fourth-order valence-electron chi connectivity index (χ4n) is 2.64. The molecule has 0 fully saturated rings. The second-order valence-electron chi connectivity index (χ2n) is 5.92. The fraction of sp³-hybridized carbons (Fsp3) is 0.316. The first-order valence-electron chi connectivity index (χ1n) is 8.28. The average Bonchev–Trinajstić information content (AvgIpc) is 2.62. The third-order valence-corrected chi connectivity index (χ3v) is 3.79. The average molecular weight is 381 g/mol. The molecule has 0 aliphatic rings. The number of hydrogen-bond donors (Lipinski definition) is 2. The van der Waals surface area contributed by atoms with Crippen LogP contribution in [0.5, 0.6) is 17.2 Å². The maximum absolute atomic E-state index is 12.4. The molecular weight excluding hydrogens is 358 g/mol. The number of nitrogens with one attached hydrogen (secondary N) is 2. The molecule has 146 valence electrons. The Morgan fingerprint density at radius 3 is 2.44 bits per heavy atom. The smallest absolute Gasteiger partial charge is 0.387 e. The van der Waals surface area contributed by atoms with Gasteiger partial charge in [0, 0.05) is 5.56 Å². The fourth-order valence-corrected chi connectivity index (χ4v) is 2.64. The van der Waals surface area contributed by atoms with Gasteiger partial charge in [0.05, 0.1) is 27.0 Å². The van der Waals surface area contributed by atoms with Crippen molar-refractivity contribution in [2.75, 3.05) is 33.1 Å². The van der Waals surface area contributed by atoms with Crippen molar-refractivity contribution in [3.8, 4) is 17.2 Å². The predicted molar refractivity (Wildman–Crippen MR) is 96.7 cm³/mol. The van der Waals surface area contributed by atoms with Gasteiger partial charge in [0.2, 0.25) is 0 Å². The number of halogens is 2. The molecule has 0 spiro atoms. The number of benzene rings is 2. The quantitative estimate of drug-likeness (QED) is 0.697. The molecule has 1 unspecified atom stereocenters. The maximum atomic E-state index is 12.4. The summed E-state index contributed by atoms with van der Waals surface area (Å²) in [5, 5.41) is 2.82. The lowest BCUT2D eigenvalue weighted by atomic mass is 10.2. The molecule has 1 amide bonds. The molecule has 0 saturated carbocycles. The highest BCUT2D eigenvalue weighted by Crippen LogP contribution is 2.29. The van der Waals surface area contributed by atoms with Crippen LogP contribution in [0.3, 0.4) is 0 Å². The number of anilines is 1. The van der Waals surface area contributed by atoms with Crippen LogP contribution in [0.25, 0.3) is 0 Å². The van der Waals surface area contributed by atoms with E-state index in [0.29, 0.717) is 18.0 Å². The van der Waals surface area contributed by atoms with E-state index in [-0.39, 0.29) is 24.0 Å². The van der Waals surface area contributed by atoms with Gasteiger partial charge in [-0.05, 0) is 30.3 Å². The number of quaternary nitrogens is 1. The molecule has 2 aromatic carbocycles. The zero-order valence-electron chi connectivity index (χ0n) is 15.4. The third-order valence-electron chi connectivity index (χ3n) is 3.79. The van der Waals surface area contributed by atoms with Crippen LogP contribution in [-0.2, 0) is 11.3 Å². The predicted octanol–water partition coefficient (Wildman–Crippen LogP) is 1.96. The topological polar surface area (TPSA) is 61.2 Å². The lowest BCUT2D eigenvalue weighted by molar-refractivity contribution is -0.885. The Hall–Kier alpha value is -2.87. The first kappa shape index (κ1) is 20.4. The molecular formula is C19H23F2N2O4+. The number of alkyl halides is 2. The Morgan fingerprint density at radius 1 is 1.07 bits per heavy atom. The van der Waals surface area contributed by atoms with Crippen molar-refractivity contribution in [2.45, 2.75) is 13.2 Å². The minimum absolute atomic E-state index is 0.0252. The van der Waals surface area contributed by atoms with Crippen LogP contribution in [0.4, 0.5) is 14.5 Å². The Balaban J connectivity index is 1.96. The Morgan fingerprint density at radius 2 is 1.78 bits per heavy atom. The Kier molecular flexibility index (Phi) is 7.36. The summed E-state index contributed by atoms with van der Waals surface area (Å²) in [6.45, 7) is -2.20. The van der Waals surface area contributed by atoms with E-state index in [0.717, 1.165) is 10.5 Å². The number of likely N-dealkylation sites (N-methyl/N-ethyl adjacent to an activating group) is 1. The SMILES string of the molecule is COc1ccccc1NC(=O)C[NH+](C)Cc1ccc(OC(F)F)c(OC)c1. The molecule has 0 bridgehead atoms. The number of amides is 1. The number of carbonyl (C=O) groups is 1. The van der Waals surface area contributed by atoms with Gasteiger partial charge in [0.25, 0.3) is 5.91 Å². The lowest BCUT2D eigenvalue weighted by Gasteiger charge is -2.16. The summed E-state index contributed by atoms with van der Waals surface area (Å²) in [4.78, 5) is 13.2. The van der Waals surface area contributed by atoms with E-state index in [1.807, 2.05) is 19.2 Å². The zero-order chi connectivity index (χ0) is 19.8. The van der Waals surface area contributed by atoms with E-state index >= 15 is 0 Å². The highest BCUT2D eigenvalue weighted by Gasteiger charge is 2.15. The van der Waals surface area contributed by atoms with Gasteiger partial charge in [0.15, 0.2) is 18.0 Å². The normalized spacial score (nSPS) is 11.8. The first-order valence-corrected chi connectivity index (χ1v) is 8.28. The highest BCUT2D eigenvalue weighted by atomic mass is 19.3. The molecule has 0 heterocycles.